The molecule has 0 aromatic carbocycles. The number of carbonyl (C=O) groups is 2. The topological polar surface area (TPSA) is 58.6 Å². The molecule has 0 saturated carbocycles. The lowest BCUT2D eigenvalue weighted by Crippen LogP contribution is -2.38. The van der Waals surface area contributed by atoms with Crippen molar-refractivity contribution in [2.24, 2.45) is 0 Å². The van der Waals surface area contributed by atoms with Gasteiger partial charge in [0.15, 0.2) is 0 Å². The number of rotatable bonds is 2. The van der Waals surface area contributed by atoms with Crippen LogP contribution in [0.3, 0.4) is 0 Å². The fourth-order valence-corrected chi connectivity index (χ4v) is 1.39. The lowest BCUT2D eigenvalue weighted by molar-refractivity contribution is -0.140. The molecule has 0 atom stereocenters. The standard InChI is InChI=1S/C11H20N2O3/c1-11(2,3)16-8-10(15)13-6-4-9(14)12-5-7-13/h4-8H2,1-3H3,(H,12,14). The fourth-order valence-electron chi connectivity index (χ4n) is 1.39. The number of hydrogen-bond acceptors (Lipinski definition) is 3. The van der Waals surface area contributed by atoms with Crippen LogP contribution >= 0.6 is 0 Å². The monoisotopic (exact) mass is 228 g/mol. The zero-order chi connectivity index (χ0) is 12.2. The average molecular weight is 228 g/mol. The minimum absolute atomic E-state index is 0.00652. The third-order valence-corrected chi connectivity index (χ3v) is 2.29. The zero-order valence-corrected chi connectivity index (χ0v) is 10.2. The second kappa shape index (κ2) is 5.30. The fraction of sp³-hybridized carbons (Fsp3) is 0.818. The first-order chi connectivity index (χ1) is 7.38. The van der Waals surface area contributed by atoms with Gasteiger partial charge in [-0.2, -0.15) is 0 Å². The molecule has 92 valence electrons. The van der Waals surface area contributed by atoms with Gasteiger partial charge in [0, 0.05) is 26.1 Å². The highest BCUT2D eigenvalue weighted by atomic mass is 16.5. The Morgan fingerprint density at radius 3 is 2.75 bits per heavy atom. The number of nitrogens with one attached hydrogen (secondary N) is 1. The molecule has 0 spiro atoms. The van der Waals surface area contributed by atoms with Gasteiger partial charge < -0.3 is 15.0 Å². The Kier molecular flexibility index (Phi) is 4.29. The second-order valence-corrected chi connectivity index (χ2v) is 4.88. The quantitative estimate of drug-likeness (QED) is 0.732. The SMILES string of the molecule is CC(C)(C)OCC(=O)N1CCNC(=O)CC1. The molecule has 0 bridgehead atoms. The molecule has 0 aromatic heterocycles. The molecule has 1 N–H and O–H groups in total. The van der Waals surface area contributed by atoms with Crippen molar-refractivity contribution in [1.29, 1.82) is 0 Å². The van der Waals surface area contributed by atoms with Crippen molar-refractivity contribution in [3.63, 3.8) is 0 Å². The number of amides is 2. The van der Waals surface area contributed by atoms with Gasteiger partial charge in [0.1, 0.15) is 6.61 Å². The largest absolute Gasteiger partial charge is 0.366 e. The molecule has 2 amide bonds. The molecule has 1 saturated heterocycles. The summed E-state index contributed by atoms with van der Waals surface area (Å²) in [7, 11) is 0. The summed E-state index contributed by atoms with van der Waals surface area (Å²) in [4.78, 5) is 24.5. The summed E-state index contributed by atoms with van der Waals surface area (Å²) in [6, 6.07) is 0. The van der Waals surface area contributed by atoms with Gasteiger partial charge in [0.25, 0.3) is 0 Å². The van der Waals surface area contributed by atoms with E-state index in [1.165, 1.54) is 0 Å². The smallest absolute Gasteiger partial charge is 0.248 e. The summed E-state index contributed by atoms with van der Waals surface area (Å²) in [5.41, 5.74) is -0.310. The highest BCUT2D eigenvalue weighted by Gasteiger charge is 2.20. The van der Waals surface area contributed by atoms with E-state index in [0.717, 1.165) is 0 Å². The Morgan fingerprint density at radius 2 is 2.12 bits per heavy atom. The predicted molar refractivity (Wildman–Crippen MR) is 59.9 cm³/mol. The van der Waals surface area contributed by atoms with E-state index < -0.39 is 0 Å². The van der Waals surface area contributed by atoms with Crippen molar-refractivity contribution in [3.8, 4) is 0 Å². The summed E-state index contributed by atoms with van der Waals surface area (Å²) in [5.74, 6) is -0.0431. The maximum Gasteiger partial charge on any atom is 0.248 e. The van der Waals surface area contributed by atoms with Crippen molar-refractivity contribution in [3.05, 3.63) is 0 Å². The number of nitrogens with zero attached hydrogens (tertiary/aromatic N) is 1. The lowest BCUT2D eigenvalue weighted by Gasteiger charge is -2.23. The minimum atomic E-state index is -0.310. The van der Waals surface area contributed by atoms with Crippen molar-refractivity contribution in [2.75, 3.05) is 26.2 Å². The van der Waals surface area contributed by atoms with Crippen LogP contribution in [0.25, 0.3) is 0 Å². The summed E-state index contributed by atoms with van der Waals surface area (Å²) in [5, 5.41) is 2.73. The van der Waals surface area contributed by atoms with E-state index in [0.29, 0.717) is 26.1 Å². The summed E-state index contributed by atoms with van der Waals surface area (Å²) in [6.07, 6.45) is 0.376. The van der Waals surface area contributed by atoms with Gasteiger partial charge in [-0.15, -0.1) is 0 Å². The van der Waals surface area contributed by atoms with Gasteiger partial charge in [0.05, 0.1) is 5.60 Å². The van der Waals surface area contributed by atoms with E-state index in [9.17, 15) is 9.59 Å². The first kappa shape index (κ1) is 13.0. The molecule has 5 heteroatoms. The molecule has 1 aliphatic rings. The van der Waals surface area contributed by atoms with Gasteiger partial charge in [-0.1, -0.05) is 0 Å². The molecule has 0 aromatic rings. The maximum atomic E-state index is 11.8. The predicted octanol–water partition coefficient (Wildman–Crippen LogP) is 0.150. The Labute approximate surface area is 96.1 Å². The van der Waals surface area contributed by atoms with Crippen LogP contribution < -0.4 is 5.32 Å². The van der Waals surface area contributed by atoms with E-state index in [1.807, 2.05) is 20.8 Å². The van der Waals surface area contributed by atoms with E-state index in [-0.39, 0.29) is 24.0 Å². The van der Waals surface area contributed by atoms with E-state index in [1.54, 1.807) is 4.90 Å². The van der Waals surface area contributed by atoms with Crippen LogP contribution in [0.2, 0.25) is 0 Å². The van der Waals surface area contributed by atoms with Crippen molar-refractivity contribution in [1.82, 2.24) is 10.2 Å². The average Bonchev–Trinajstić information content (AvgIpc) is 2.38. The number of hydrogen-bond donors (Lipinski definition) is 1. The Bertz CT molecular complexity index is 271. The van der Waals surface area contributed by atoms with Gasteiger partial charge in [-0.05, 0) is 20.8 Å². The molecular weight excluding hydrogens is 208 g/mol. The van der Waals surface area contributed by atoms with E-state index in [4.69, 9.17) is 4.74 Å². The van der Waals surface area contributed by atoms with Crippen LogP contribution in [0.15, 0.2) is 0 Å². The first-order valence-electron chi connectivity index (χ1n) is 5.57. The van der Waals surface area contributed by atoms with Gasteiger partial charge in [-0.3, -0.25) is 9.59 Å². The van der Waals surface area contributed by atoms with Crippen molar-refractivity contribution >= 4 is 11.8 Å². The third kappa shape index (κ3) is 4.61. The van der Waals surface area contributed by atoms with Crippen molar-refractivity contribution < 1.29 is 14.3 Å². The maximum absolute atomic E-state index is 11.8. The molecule has 0 aliphatic carbocycles. The molecule has 1 rings (SSSR count). The number of ether oxygens (including phenoxy) is 1. The van der Waals surface area contributed by atoms with Crippen LogP contribution in [0, 0.1) is 0 Å². The normalized spacial score (nSPS) is 17.9. The van der Waals surface area contributed by atoms with Crippen LogP contribution in [-0.2, 0) is 14.3 Å². The van der Waals surface area contributed by atoms with Crippen LogP contribution in [-0.4, -0.2) is 48.6 Å². The zero-order valence-electron chi connectivity index (χ0n) is 10.2. The first-order valence-corrected chi connectivity index (χ1v) is 5.57. The Hall–Kier alpha value is -1.10. The number of carbonyl (C=O) groups excluding carboxylic acids is 2. The lowest BCUT2D eigenvalue weighted by atomic mass is 10.2. The second-order valence-electron chi connectivity index (χ2n) is 4.88. The molecule has 1 aliphatic heterocycles. The molecule has 0 radical (unpaired) electrons. The van der Waals surface area contributed by atoms with Crippen LogP contribution in [0.5, 0.6) is 0 Å². The molecule has 16 heavy (non-hydrogen) atoms. The highest BCUT2D eigenvalue weighted by Crippen LogP contribution is 2.07. The molecule has 1 fully saturated rings. The minimum Gasteiger partial charge on any atom is -0.366 e. The molecule has 0 unspecified atom stereocenters. The molecular formula is C11H20N2O3. The van der Waals surface area contributed by atoms with Gasteiger partial charge in [-0.25, -0.2) is 0 Å². The summed E-state index contributed by atoms with van der Waals surface area (Å²) in [6.45, 7) is 7.39. The Morgan fingerprint density at radius 1 is 1.44 bits per heavy atom. The molecule has 5 nitrogen and oxygen atoms in total. The van der Waals surface area contributed by atoms with Gasteiger partial charge >= 0.3 is 0 Å². The molecule has 1 heterocycles. The van der Waals surface area contributed by atoms with Crippen LogP contribution in [0.1, 0.15) is 27.2 Å². The summed E-state index contributed by atoms with van der Waals surface area (Å²) >= 11 is 0. The third-order valence-electron chi connectivity index (χ3n) is 2.29. The Balaban J connectivity index is 2.38. The summed E-state index contributed by atoms with van der Waals surface area (Å²) < 4.78 is 5.42. The van der Waals surface area contributed by atoms with E-state index >= 15 is 0 Å². The van der Waals surface area contributed by atoms with Crippen LogP contribution in [0.4, 0.5) is 0 Å². The van der Waals surface area contributed by atoms with E-state index in [2.05, 4.69) is 5.32 Å². The highest BCUT2D eigenvalue weighted by molar-refractivity contribution is 5.80. The van der Waals surface area contributed by atoms with Crippen molar-refractivity contribution in [2.45, 2.75) is 32.8 Å². The van der Waals surface area contributed by atoms with Gasteiger partial charge in [0.2, 0.25) is 11.8 Å².